The number of aromatic nitrogens is 4. The Labute approximate surface area is 156 Å². The van der Waals surface area contributed by atoms with Gasteiger partial charge in [0.25, 0.3) is 5.56 Å². The predicted molar refractivity (Wildman–Crippen MR) is 102 cm³/mol. The van der Waals surface area contributed by atoms with Gasteiger partial charge in [-0.15, -0.1) is 0 Å². The van der Waals surface area contributed by atoms with Crippen LogP contribution in [0.25, 0.3) is 17.4 Å². The minimum Gasteiger partial charge on any atom is -0.463 e. The number of rotatable bonds is 4. The van der Waals surface area contributed by atoms with Gasteiger partial charge in [-0.3, -0.25) is 14.6 Å². The molecule has 0 aliphatic heterocycles. The molecule has 0 aromatic carbocycles. The van der Waals surface area contributed by atoms with Crippen LogP contribution in [0.2, 0.25) is 0 Å². The quantitative estimate of drug-likeness (QED) is 0.735. The maximum atomic E-state index is 12.5. The number of aromatic amines is 1. The maximum Gasteiger partial charge on any atom is 0.255 e. The Morgan fingerprint density at radius 2 is 2.11 bits per heavy atom. The van der Waals surface area contributed by atoms with Crippen molar-refractivity contribution in [2.45, 2.75) is 41.0 Å². The SMILES string of the molecule is CCc1c(C)nc(-n2nc(-c3ccco3)cc2NC(=O)C(C)(C)C)[nH]c1=O. The lowest BCUT2D eigenvalue weighted by molar-refractivity contribution is -0.123. The Balaban J connectivity index is 2.13. The van der Waals surface area contributed by atoms with Crippen LogP contribution < -0.4 is 10.9 Å². The highest BCUT2D eigenvalue weighted by molar-refractivity contribution is 5.94. The van der Waals surface area contributed by atoms with Crippen molar-refractivity contribution in [2.24, 2.45) is 5.41 Å². The summed E-state index contributed by atoms with van der Waals surface area (Å²) in [6.07, 6.45) is 2.13. The highest BCUT2D eigenvalue weighted by Gasteiger charge is 2.24. The lowest BCUT2D eigenvalue weighted by Gasteiger charge is -2.18. The fourth-order valence-corrected chi connectivity index (χ4v) is 2.59. The van der Waals surface area contributed by atoms with Crippen molar-refractivity contribution < 1.29 is 9.21 Å². The third-order valence-corrected chi connectivity index (χ3v) is 4.17. The van der Waals surface area contributed by atoms with Crippen LogP contribution in [0.5, 0.6) is 0 Å². The average molecular weight is 369 g/mol. The molecule has 3 aromatic rings. The fourth-order valence-electron chi connectivity index (χ4n) is 2.59. The molecule has 0 bridgehead atoms. The molecule has 0 saturated heterocycles. The number of nitrogens with one attached hydrogen (secondary N) is 2. The van der Waals surface area contributed by atoms with Gasteiger partial charge < -0.3 is 9.73 Å². The van der Waals surface area contributed by atoms with Crippen LogP contribution in [-0.4, -0.2) is 25.7 Å². The molecule has 3 rings (SSSR count). The standard InChI is InChI=1S/C19H23N5O3/c1-6-12-11(2)20-18(22-16(12)25)24-15(21-17(26)19(3,4)5)10-13(23-24)14-8-7-9-27-14/h7-10H,6H2,1-5H3,(H,21,26)(H,20,22,25). The number of hydrogen-bond donors (Lipinski definition) is 2. The third-order valence-electron chi connectivity index (χ3n) is 4.17. The van der Waals surface area contributed by atoms with Gasteiger partial charge in [0.05, 0.1) is 6.26 Å². The molecule has 27 heavy (non-hydrogen) atoms. The van der Waals surface area contributed by atoms with Gasteiger partial charge in [0.15, 0.2) is 5.76 Å². The van der Waals surface area contributed by atoms with Crippen molar-refractivity contribution in [3.05, 3.63) is 46.1 Å². The number of aryl methyl sites for hydroxylation is 1. The molecular formula is C19H23N5O3. The van der Waals surface area contributed by atoms with E-state index < -0.39 is 5.41 Å². The van der Waals surface area contributed by atoms with E-state index >= 15 is 0 Å². The van der Waals surface area contributed by atoms with Crippen molar-refractivity contribution in [1.82, 2.24) is 19.7 Å². The zero-order chi connectivity index (χ0) is 19.8. The second kappa shape index (κ2) is 6.86. The molecule has 0 aliphatic carbocycles. The summed E-state index contributed by atoms with van der Waals surface area (Å²) in [5.74, 6) is 0.994. The molecule has 0 unspecified atom stereocenters. The Bertz CT molecular complexity index is 1020. The second-order valence-electron chi connectivity index (χ2n) is 7.32. The first-order valence-electron chi connectivity index (χ1n) is 8.76. The van der Waals surface area contributed by atoms with Crippen LogP contribution in [0.15, 0.2) is 33.7 Å². The molecule has 0 aliphatic rings. The van der Waals surface area contributed by atoms with E-state index in [-0.39, 0.29) is 17.4 Å². The first-order chi connectivity index (χ1) is 12.7. The molecule has 0 radical (unpaired) electrons. The number of anilines is 1. The average Bonchev–Trinajstić information content (AvgIpc) is 3.22. The summed E-state index contributed by atoms with van der Waals surface area (Å²) in [7, 11) is 0. The van der Waals surface area contributed by atoms with Gasteiger partial charge in [-0.1, -0.05) is 27.7 Å². The number of furan rings is 1. The van der Waals surface area contributed by atoms with Crippen LogP contribution in [0.3, 0.4) is 0 Å². The zero-order valence-corrected chi connectivity index (χ0v) is 16.1. The van der Waals surface area contributed by atoms with E-state index in [9.17, 15) is 9.59 Å². The topological polar surface area (TPSA) is 106 Å². The lowest BCUT2D eigenvalue weighted by Crippen LogP contribution is -2.29. The van der Waals surface area contributed by atoms with Crippen molar-refractivity contribution in [1.29, 1.82) is 0 Å². The number of carbonyl (C=O) groups excluding carboxylic acids is 1. The lowest BCUT2D eigenvalue weighted by atomic mass is 9.96. The third kappa shape index (κ3) is 3.69. The highest BCUT2D eigenvalue weighted by atomic mass is 16.3. The summed E-state index contributed by atoms with van der Waals surface area (Å²) in [5.41, 5.74) is 0.951. The molecule has 142 valence electrons. The van der Waals surface area contributed by atoms with E-state index in [1.165, 1.54) is 4.68 Å². The number of amides is 1. The van der Waals surface area contributed by atoms with Crippen LogP contribution >= 0.6 is 0 Å². The molecule has 0 saturated carbocycles. The Morgan fingerprint density at radius 3 is 2.67 bits per heavy atom. The van der Waals surface area contributed by atoms with E-state index in [0.717, 1.165) is 0 Å². The molecule has 0 fully saturated rings. The summed E-state index contributed by atoms with van der Waals surface area (Å²) >= 11 is 0. The van der Waals surface area contributed by atoms with Gasteiger partial charge in [0, 0.05) is 22.7 Å². The first-order valence-corrected chi connectivity index (χ1v) is 8.76. The van der Waals surface area contributed by atoms with Gasteiger partial charge in [-0.25, -0.2) is 4.98 Å². The van der Waals surface area contributed by atoms with E-state index in [1.807, 2.05) is 27.7 Å². The van der Waals surface area contributed by atoms with E-state index in [0.29, 0.717) is 35.0 Å². The van der Waals surface area contributed by atoms with Crippen LogP contribution in [0.1, 0.15) is 39.0 Å². The van der Waals surface area contributed by atoms with Gasteiger partial charge in [0.1, 0.15) is 11.5 Å². The summed E-state index contributed by atoms with van der Waals surface area (Å²) in [5, 5.41) is 7.33. The normalized spacial score (nSPS) is 11.6. The smallest absolute Gasteiger partial charge is 0.255 e. The Kier molecular flexibility index (Phi) is 4.73. The number of H-pyrrole nitrogens is 1. The molecule has 3 heterocycles. The van der Waals surface area contributed by atoms with Crippen LogP contribution in [-0.2, 0) is 11.2 Å². The van der Waals surface area contributed by atoms with Crippen LogP contribution in [0, 0.1) is 12.3 Å². The monoisotopic (exact) mass is 369 g/mol. The Morgan fingerprint density at radius 1 is 1.37 bits per heavy atom. The van der Waals surface area contributed by atoms with Crippen molar-refractivity contribution >= 4 is 11.7 Å². The minimum absolute atomic E-state index is 0.182. The van der Waals surface area contributed by atoms with Crippen molar-refractivity contribution in [3.8, 4) is 17.4 Å². The first kappa shape index (κ1) is 18.6. The van der Waals surface area contributed by atoms with E-state index in [2.05, 4.69) is 20.4 Å². The van der Waals surface area contributed by atoms with Gasteiger partial charge in [-0.2, -0.15) is 9.78 Å². The van der Waals surface area contributed by atoms with E-state index in [1.54, 1.807) is 31.4 Å². The summed E-state index contributed by atoms with van der Waals surface area (Å²) in [6, 6.07) is 5.21. The van der Waals surface area contributed by atoms with E-state index in [4.69, 9.17) is 4.42 Å². The van der Waals surface area contributed by atoms with Gasteiger partial charge in [-0.05, 0) is 25.5 Å². The fraction of sp³-hybridized carbons (Fsp3) is 0.368. The molecule has 2 N–H and O–H groups in total. The molecule has 0 spiro atoms. The molecule has 8 nitrogen and oxygen atoms in total. The second-order valence-corrected chi connectivity index (χ2v) is 7.32. The highest BCUT2D eigenvalue weighted by Crippen LogP contribution is 2.25. The zero-order valence-electron chi connectivity index (χ0n) is 16.1. The summed E-state index contributed by atoms with van der Waals surface area (Å²) < 4.78 is 6.81. The summed E-state index contributed by atoms with van der Waals surface area (Å²) in [4.78, 5) is 32.0. The van der Waals surface area contributed by atoms with Crippen molar-refractivity contribution in [2.75, 3.05) is 5.32 Å². The molecule has 1 amide bonds. The molecule has 3 aromatic heterocycles. The van der Waals surface area contributed by atoms with Crippen molar-refractivity contribution in [3.63, 3.8) is 0 Å². The van der Waals surface area contributed by atoms with Gasteiger partial charge in [0.2, 0.25) is 11.9 Å². The molecular weight excluding hydrogens is 346 g/mol. The Hall–Kier alpha value is -3.16. The minimum atomic E-state index is -0.594. The molecule has 0 atom stereocenters. The predicted octanol–water partition coefficient (Wildman–Crippen LogP) is 3.07. The number of nitrogens with zero attached hydrogens (tertiary/aromatic N) is 3. The van der Waals surface area contributed by atoms with Crippen LogP contribution in [0.4, 0.5) is 5.82 Å². The van der Waals surface area contributed by atoms with Gasteiger partial charge >= 0.3 is 0 Å². The maximum absolute atomic E-state index is 12.5. The number of hydrogen-bond acceptors (Lipinski definition) is 5. The summed E-state index contributed by atoms with van der Waals surface area (Å²) in [6.45, 7) is 9.13. The molecule has 8 heteroatoms. The number of carbonyl (C=O) groups is 1. The largest absolute Gasteiger partial charge is 0.463 e.